The van der Waals surface area contributed by atoms with Crippen molar-refractivity contribution >= 4 is 48.2 Å². The van der Waals surface area contributed by atoms with Gasteiger partial charge in [-0.3, -0.25) is 24.0 Å². The fraction of sp³-hybridized carbons (Fsp3) is 0.647. The van der Waals surface area contributed by atoms with Crippen LogP contribution in [0.15, 0.2) is 0 Å². The molecule has 5 unspecified atom stereocenters. The predicted octanol–water partition coefficient (Wildman–Crippen LogP) is -3.71. The molecule has 10 N–H and O–H groups in total. The first-order chi connectivity index (χ1) is 14.8. The van der Waals surface area contributed by atoms with Gasteiger partial charge >= 0.3 is 11.9 Å². The number of thiol groups is 1. The summed E-state index contributed by atoms with van der Waals surface area (Å²) in [6, 6.07) is -5.59. The van der Waals surface area contributed by atoms with E-state index in [2.05, 4.69) is 28.6 Å². The third-order valence-corrected chi connectivity index (χ3v) is 4.58. The molecule has 0 aliphatic rings. The van der Waals surface area contributed by atoms with Gasteiger partial charge in [-0.15, -0.1) is 0 Å². The Morgan fingerprint density at radius 1 is 0.844 bits per heavy atom. The highest BCUT2D eigenvalue weighted by atomic mass is 32.1. The van der Waals surface area contributed by atoms with Gasteiger partial charge in [-0.1, -0.05) is 0 Å². The van der Waals surface area contributed by atoms with Crippen LogP contribution in [0, 0.1) is 0 Å². The highest BCUT2D eigenvalue weighted by Crippen LogP contribution is 2.04. The second-order valence-corrected chi connectivity index (χ2v) is 7.27. The lowest BCUT2D eigenvalue weighted by Gasteiger charge is -2.24. The van der Waals surface area contributed by atoms with E-state index in [1.165, 1.54) is 6.92 Å². The first-order valence-electron chi connectivity index (χ1n) is 9.48. The molecule has 0 aliphatic heterocycles. The summed E-state index contributed by atoms with van der Waals surface area (Å²) >= 11 is 3.95. The lowest BCUT2D eigenvalue weighted by Crippen LogP contribution is -2.58. The topological polar surface area (TPSA) is 251 Å². The molecule has 15 heteroatoms. The molecule has 0 aromatic heterocycles. The molecule has 5 atom stereocenters. The minimum absolute atomic E-state index is 0.218. The number of hydrogen-bond acceptors (Lipinski definition) is 9. The van der Waals surface area contributed by atoms with Gasteiger partial charge in [-0.2, -0.15) is 12.6 Å². The van der Waals surface area contributed by atoms with Gasteiger partial charge in [0, 0.05) is 18.6 Å². The second-order valence-electron chi connectivity index (χ2n) is 6.91. The third kappa shape index (κ3) is 10.9. The van der Waals surface area contributed by atoms with Crippen LogP contribution in [0.2, 0.25) is 0 Å². The van der Waals surface area contributed by atoms with Crippen LogP contribution in [0.5, 0.6) is 0 Å². The van der Waals surface area contributed by atoms with E-state index in [0.29, 0.717) is 0 Å². The van der Waals surface area contributed by atoms with Crippen LogP contribution in [0.3, 0.4) is 0 Å². The van der Waals surface area contributed by atoms with Gasteiger partial charge in [0.25, 0.3) is 0 Å². The maximum absolute atomic E-state index is 12.5. The first-order valence-corrected chi connectivity index (χ1v) is 10.1. The van der Waals surface area contributed by atoms with Crippen LogP contribution >= 0.6 is 12.6 Å². The summed E-state index contributed by atoms with van der Waals surface area (Å²) < 4.78 is 0. The summed E-state index contributed by atoms with van der Waals surface area (Å²) in [7, 11) is 0. The third-order valence-electron chi connectivity index (χ3n) is 4.21. The predicted molar refractivity (Wildman–Crippen MR) is 112 cm³/mol. The van der Waals surface area contributed by atoms with Crippen LogP contribution in [0.25, 0.3) is 0 Å². The number of hydrogen-bond donors (Lipinski definition) is 9. The SMILES string of the molecule is CC(O)C(N)C(=O)NC(CS)C(=O)NC(CCC(N)=O)C(=O)NC(CCC(=O)O)C(=O)O. The number of primary amides is 1. The van der Waals surface area contributed by atoms with E-state index in [9.17, 15) is 39.0 Å². The number of rotatable bonds is 15. The van der Waals surface area contributed by atoms with Crippen molar-refractivity contribution in [3.8, 4) is 0 Å². The molecule has 0 fully saturated rings. The Kier molecular flexibility index (Phi) is 12.9. The van der Waals surface area contributed by atoms with Gasteiger partial charge in [0.15, 0.2) is 0 Å². The molecule has 14 nitrogen and oxygen atoms in total. The fourth-order valence-corrected chi connectivity index (χ4v) is 2.56. The normalized spacial score (nSPS) is 15.4. The maximum atomic E-state index is 12.5. The number of nitrogens with one attached hydrogen (secondary N) is 3. The number of carbonyl (C=O) groups excluding carboxylic acids is 4. The summed E-state index contributed by atoms with van der Waals surface area (Å²) in [5.74, 6) is -6.52. The average molecular weight is 480 g/mol. The van der Waals surface area contributed by atoms with Crippen molar-refractivity contribution in [2.45, 2.75) is 62.9 Å². The number of aliphatic carboxylic acids is 2. The van der Waals surface area contributed by atoms with E-state index in [4.69, 9.17) is 16.6 Å². The van der Waals surface area contributed by atoms with Crippen LogP contribution in [-0.4, -0.2) is 86.9 Å². The van der Waals surface area contributed by atoms with Gasteiger partial charge in [0.05, 0.1) is 6.10 Å². The number of aliphatic hydroxyl groups excluding tert-OH is 1. The molecule has 0 aliphatic carbocycles. The van der Waals surface area contributed by atoms with Gasteiger partial charge < -0.3 is 42.7 Å². The number of amides is 4. The zero-order valence-corrected chi connectivity index (χ0v) is 18.2. The largest absolute Gasteiger partial charge is 0.481 e. The van der Waals surface area contributed by atoms with Crippen molar-refractivity contribution in [1.29, 1.82) is 0 Å². The molecule has 0 rings (SSSR count). The van der Waals surface area contributed by atoms with Gasteiger partial charge in [-0.25, -0.2) is 4.79 Å². The molecule has 0 aromatic carbocycles. The number of carboxylic acids is 2. The molecule has 4 amide bonds. The fourth-order valence-electron chi connectivity index (χ4n) is 2.31. The summed E-state index contributed by atoms with van der Waals surface area (Å²) in [5, 5.41) is 33.9. The molecule has 0 heterocycles. The van der Waals surface area contributed by atoms with Crippen LogP contribution < -0.4 is 27.4 Å². The van der Waals surface area contributed by atoms with Gasteiger partial charge in [-0.05, 0) is 19.8 Å². The summed E-state index contributed by atoms with van der Waals surface area (Å²) in [4.78, 5) is 70.1. The van der Waals surface area contributed by atoms with Gasteiger partial charge in [0.2, 0.25) is 23.6 Å². The molecule has 0 aromatic rings. The molecule has 32 heavy (non-hydrogen) atoms. The van der Waals surface area contributed by atoms with Crippen molar-refractivity contribution in [3.63, 3.8) is 0 Å². The van der Waals surface area contributed by atoms with Crippen molar-refractivity contribution in [2.24, 2.45) is 11.5 Å². The molecule has 0 spiro atoms. The Morgan fingerprint density at radius 3 is 1.75 bits per heavy atom. The minimum Gasteiger partial charge on any atom is -0.481 e. The Labute approximate surface area is 188 Å². The van der Waals surface area contributed by atoms with Crippen molar-refractivity contribution in [3.05, 3.63) is 0 Å². The highest BCUT2D eigenvalue weighted by Gasteiger charge is 2.30. The van der Waals surface area contributed by atoms with E-state index in [1.807, 2.05) is 0 Å². The lowest BCUT2D eigenvalue weighted by molar-refractivity contribution is -0.143. The zero-order chi connectivity index (χ0) is 25.0. The second kappa shape index (κ2) is 14.2. The lowest BCUT2D eigenvalue weighted by atomic mass is 10.1. The maximum Gasteiger partial charge on any atom is 0.326 e. The summed E-state index contributed by atoms with van der Waals surface area (Å²) in [6.07, 6.45) is -2.78. The standard InChI is InChI=1S/C17H29N5O9S/c1-7(23)13(19)16(29)22-10(6-32)15(28)20-8(2-4-11(18)24)14(27)21-9(17(30)31)3-5-12(25)26/h7-10,13,23,32H,2-6,19H2,1H3,(H2,18,24)(H,20,28)(H,21,27)(H,22,29)(H,25,26)(H,30,31). The average Bonchev–Trinajstić information content (AvgIpc) is 2.70. The highest BCUT2D eigenvalue weighted by molar-refractivity contribution is 7.80. The molecule has 0 saturated heterocycles. The molecule has 0 saturated carbocycles. The number of carbonyl (C=O) groups is 6. The summed E-state index contributed by atoms with van der Waals surface area (Å²) in [6.45, 7) is 1.27. The minimum atomic E-state index is -1.56. The molecule has 0 radical (unpaired) electrons. The summed E-state index contributed by atoms with van der Waals surface area (Å²) in [5.41, 5.74) is 10.6. The van der Waals surface area contributed by atoms with E-state index >= 15 is 0 Å². The molecular weight excluding hydrogens is 450 g/mol. The Hall–Kier alpha value is -2.91. The van der Waals surface area contributed by atoms with Crippen LogP contribution in [0.4, 0.5) is 0 Å². The van der Waals surface area contributed by atoms with Crippen LogP contribution in [0.1, 0.15) is 32.6 Å². The zero-order valence-electron chi connectivity index (χ0n) is 17.3. The molecular formula is C17H29N5O9S. The Morgan fingerprint density at radius 2 is 1.31 bits per heavy atom. The smallest absolute Gasteiger partial charge is 0.326 e. The Balaban J connectivity index is 5.37. The van der Waals surface area contributed by atoms with Crippen LogP contribution in [-0.2, 0) is 28.8 Å². The first kappa shape index (κ1) is 29.1. The molecule has 182 valence electrons. The number of nitrogens with two attached hydrogens (primary N) is 2. The van der Waals surface area contributed by atoms with E-state index in [0.717, 1.165) is 0 Å². The number of aliphatic hydroxyl groups is 1. The van der Waals surface area contributed by atoms with E-state index < -0.39 is 78.7 Å². The van der Waals surface area contributed by atoms with E-state index in [1.54, 1.807) is 0 Å². The quantitative estimate of drug-likeness (QED) is 0.104. The Bertz CT molecular complexity index is 719. The van der Waals surface area contributed by atoms with Gasteiger partial charge in [0.1, 0.15) is 24.2 Å². The monoisotopic (exact) mass is 479 g/mol. The van der Waals surface area contributed by atoms with E-state index in [-0.39, 0.29) is 18.6 Å². The van der Waals surface area contributed by atoms with Crippen molar-refractivity contribution in [1.82, 2.24) is 16.0 Å². The number of carboxylic acid groups (broad SMARTS) is 2. The van der Waals surface area contributed by atoms with Crippen molar-refractivity contribution < 1.29 is 44.1 Å². The van der Waals surface area contributed by atoms with Crippen molar-refractivity contribution in [2.75, 3.05) is 5.75 Å². The molecule has 0 bridgehead atoms.